The Balaban J connectivity index is 1.72. The number of rotatable bonds is 1. The van der Waals surface area contributed by atoms with Crippen molar-refractivity contribution in [1.29, 1.82) is 0 Å². The van der Waals surface area contributed by atoms with Gasteiger partial charge < -0.3 is 14.4 Å². The first-order valence-electron chi connectivity index (χ1n) is 9.60. The van der Waals surface area contributed by atoms with Crippen LogP contribution in [-0.2, 0) is 11.8 Å². The van der Waals surface area contributed by atoms with E-state index in [0.29, 0.717) is 12.5 Å². The number of ether oxygens (including phenoxy) is 2. The van der Waals surface area contributed by atoms with E-state index < -0.39 is 6.98 Å². The van der Waals surface area contributed by atoms with Crippen LogP contribution >= 0.6 is 0 Å². The summed E-state index contributed by atoms with van der Waals surface area (Å²) in [6.07, 6.45) is 5.16. The topological polar surface area (TPSA) is 21.7 Å². The zero-order valence-electron chi connectivity index (χ0n) is 15.4. The molecule has 1 aromatic rings. The number of piperidine rings is 1. The zero-order valence-corrected chi connectivity index (χ0v) is 12.4. The van der Waals surface area contributed by atoms with Gasteiger partial charge in [-0.05, 0) is 63.2 Å². The molecule has 21 heavy (non-hydrogen) atoms. The third-order valence-electron chi connectivity index (χ3n) is 6.43. The Kier molecular flexibility index (Phi) is 1.83. The number of likely N-dealkylation sites (tertiary alicyclic amines) is 1. The van der Waals surface area contributed by atoms with Crippen molar-refractivity contribution in [3.63, 3.8) is 0 Å². The standard InChI is InChI=1S/C18H23NO2/c1-19-9-8-18-12-4-3-5-15(18)21-17-14(20-2)7-6-11(16(17)18)10-13(12)19/h6-7,12-13,15H,3-5,8-10H2,1-2H3/t12-,13+,15-,18+/m0/s1/i1D3. The molecule has 4 atom stereocenters. The van der Waals surface area contributed by atoms with Gasteiger partial charge in [0.15, 0.2) is 11.5 Å². The molecule has 3 nitrogen and oxygen atoms in total. The van der Waals surface area contributed by atoms with Crippen LogP contribution in [0.4, 0.5) is 0 Å². The Labute approximate surface area is 130 Å². The van der Waals surface area contributed by atoms with Crippen molar-refractivity contribution in [3.8, 4) is 11.5 Å². The maximum atomic E-state index is 7.97. The van der Waals surface area contributed by atoms with Gasteiger partial charge in [-0.1, -0.05) is 6.07 Å². The molecule has 0 N–H and O–H groups in total. The number of benzene rings is 1. The van der Waals surface area contributed by atoms with Crippen LogP contribution in [0.5, 0.6) is 11.5 Å². The molecule has 1 aromatic carbocycles. The van der Waals surface area contributed by atoms with E-state index in [4.69, 9.17) is 13.6 Å². The average Bonchev–Trinajstić information content (AvgIpc) is 2.86. The van der Waals surface area contributed by atoms with Crippen LogP contribution in [-0.4, -0.2) is 37.7 Å². The molecule has 1 saturated heterocycles. The minimum atomic E-state index is -2.01. The summed E-state index contributed by atoms with van der Waals surface area (Å²) in [5.74, 6) is 2.15. The van der Waals surface area contributed by atoms with E-state index in [1.165, 1.54) is 11.1 Å². The van der Waals surface area contributed by atoms with Crippen LogP contribution in [0.15, 0.2) is 12.1 Å². The minimum Gasteiger partial charge on any atom is -0.493 e. The number of nitrogens with zero attached hydrogens (tertiary/aromatic N) is 1. The van der Waals surface area contributed by atoms with Crippen molar-refractivity contribution in [2.75, 3.05) is 20.6 Å². The zero-order chi connectivity index (χ0) is 16.7. The molecule has 5 rings (SSSR count). The fraction of sp³-hybridized carbons (Fsp3) is 0.667. The molecule has 4 aliphatic rings. The Morgan fingerprint density at radius 1 is 1.43 bits per heavy atom. The number of hydrogen-bond donors (Lipinski definition) is 0. The van der Waals surface area contributed by atoms with Gasteiger partial charge in [-0.15, -0.1) is 0 Å². The lowest BCUT2D eigenvalue weighted by molar-refractivity contribution is -0.0426. The highest BCUT2D eigenvalue weighted by molar-refractivity contribution is 5.60. The summed E-state index contributed by atoms with van der Waals surface area (Å²) in [5, 5.41) is 0. The van der Waals surface area contributed by atoms with Gasteiger partial charge in [0.25, 0.3) is 0 Å². The van der Waals surface area contributed by atoms with Crippen LogP contribution in [0, 0.1) is 5.92 Å². The largest absolute Gasteiger partial charge is 0.493 e. The second kappa shape index (κ2) is 3.95. The molecule has 1 saturated carbocycles. The highest BCUT2D eigenvalue weighted by Crippen LogP contribution is 2.63. The minimum absolute atomic E-state index is 0.00211. The predicted molar refractivity (Wildman–Crippen MR) is 81.2 cm³/mol. The van der Waals surface area contributed by atoms with Crippen molar-refractivity contribution < 1.29 is 13.6 Å². The van der Waals surface area contributed by atoms with Crippen LogP contribution < -0.4 is 9.47 Å². The van der Waals surface area contributed by atoms with Crippen LogP contribution in [0.25, 0.3) is 0 Å². The first-order valence-corrected chi connectivity index (χ1v) is 8.10. The normalized spacial score (nSPS) is 42.3. The maximum Gasteiger partial charge on any atom is 0.165 e. The van der Waals surface area contributed by atoms with Crippen LogP contribution in [0.2, 0.25) is 0 Å². The second-order valence-corrected chi connectivity index (χ2v) is 7.03. The lowest BCUT2D eigenvalue weighted by Crippen LogP contribution is -2.63. The summed E-state index contributed by atoms with van der Waals surface area (Å²) >= 11 is 0. The Morgan fingerprint density at radius 2 is 2.38 bits per heavy atom. The molecule has 112 valence electrons. The number of hydrogen-bond acceptors (Lipinski definition) is 3. The summed E-state index contributed by atoms with van der Waals surface area (Å²) in [6, 6.07) is 4.22. The molecule has 0 aromatic heterocycles. The molecule has 2 bridgehead atoms. The fourth-order valence-electron chi connectivity index (χ4n) is 5.67. The smallest absolute Gasteiger partial charge is 0.165 e. The van der Waals surface area contributed by atoms with Gasteiger partial charge >= 0.3 is 0 Å². The molecule has 0 amide bonds. The van der Waals surface area contributed by atoms with E-state index in [1.807, 2.05) is 6.07 Å². The molecule has 2 fully saturated rings. The van der Waals surface area contributed by atoms with Gasteiger partial charge in [-0.2, -0.15) is 0 Å². The summed E-state index contributed by atoms with van der Waals surface area (Å²) < 4.78 is 35.9. The first-order chi connectivity index (χ1) is 11.5. The molecule has 2 aliphatic carbocycles. The van der Waals surface area contributed by atoms with E-state index in [9.17, 15) is 0 Å². The molecule has 0 unspecified atom stereocenters. The number of methoxy groups -OCH3 is 1. The van der Waals surface area contributed by atoms with E-state index in [0.717, 1.165) is 43.6 Å². The summed E-state index contributed by atoms with van der Waals surface area (Å²) in [5.41, 5.74) is 2.62. The van der Waals surface area contributed by atoms with Gasteiger partial charge in [0.1, 0.15) is 6.10 Å². The Morgan fingerprint density at radius 3 is 3.24 bits per heavy atom. The molecule has 2 heterocycles. The van der Waals surface area contributed by atoms with Gasteiger partial charge in [0, 0.05) is 21.1 Å². The Bertz CT molecular complexity index is 704. The first kappa shape index (κ1) is 9.73. The van der Waals surface area contributed by atoms with Gasteiger partial charge in [0.05, 0.1) is 7.11 Å². The molecule has 0 radical (unpaired) electrons. The Hall–Kier alpha value is -1.22. The van der Waals surface area contributed by atoms with E-state index in [1.54, 1.807) is 12.0 Å². The van der Waals surface area contributed by atoms with Gasteiger partial charge in [0.2, 0.25) is 0 Å². The van der Waals surface area contributed by atoms with Crippen molar-refractivity contribution in [3.05, 3.63) is 23.3 Å². The summed E-state index contributed by atoms with van der Waals surface area (Å²) in [6.45, 7) is -1.38. The van der Waals surface area contributed by atoms with Crippen molar-refractivity contribution in [2.24, 2.45) is 5.92 Å². The third kappa shape index (κ3) is 1.30. The fourth-order valence-corrected chi connectivity index (χ4v) is 5.67. The molecule has 1 spiro atoms. The van der Waals surface area contributed by atoms with E-state index >= 15 is 0 Å². The lowest BCUT2D eigenvalue weighted by atomic mass is 9.52. The summed E-state index contributed by atoms with van der Waals surface area (Å²) in [4.78, 5) is 1.79. The molecule has 3 heteroatoms. The van der Waals surface area contributed by atoms with Gasteiger partial charge in [-0.25, -0.2) is 0 Å². The van der Waals surface area contributed by atoms with Crippen molar-refractivity contribution >= 4 is 0 Å². The molecular formula is C18H23NO2. The second-order valence-electron chi connectivity index (χ2n) is 7.03. The van der Waals surface area contributed by atoms with Crippen LogP contribution in [0.3, 0.4) is 0 Å². The highest BCUT2D eigenvalue weighted by atomic mass is 16.5. The lowest BCUT2D eigenvalue weighted by Gasteiger charge is -2.57. The quantitative estimate of drug-likeness (QED) is 0.793. The number of likely N-dealkylation sites (N-methyl/N-ethyl adjacent to an activating group) is 1. The highest BCUT2D eigenvalue weighted by Gasteiger charge is 2.62. The SMILES string of the molecule is [2H]C([2H])([2H])N1CC[C@]23c4c5ccc(OC)c4O[C@H]2CCC[C@H]3[C@H]1C5. The summed E-state index contributed by atoms with van der Waals surface area (Å²) in [7, 11) is 1.70. The van der Waals surface area contributed by atoms with Crippen molar-refractivity contribution in [1.82, 2.24) is 4.90 Å². The average molecular weight is 288 g/mol. The maximum absolute atomic E-state index is 7.97. The van der Waals surface area contributed by atoms with Crippen molar-refractivity contribution in [2.45, 2.75) is 49.7 Å². The monoisotopic (exact) mass is 288 g/mol. The van der Waals surface area contributed by atoms with E-state index in [2.05, 4.69) is 6.07 Å². The predicted octanol–water partition coefficient (Wildman–Crippen LogP) is 2.75. The van der Waals surface area contributed by atoms with Crippen LogP contribution in [0.1, 0.15) is 40.9 Å². The molecule has 2 aliphatic heterocycles. The van der Waals surface area contributed by atoms with E-state index in [-0.39, 0.29) is 17.6 Å². The van der Waals surface area contributed by atoms with Gasteiger partial charge in [-0.3, -0.25) is 0 Å². The molecular weight excluding hydrogens is 262 g/mol. The third-order valence-corrected chi connectivity index (χ3v) is 6.43.